The second-order valence-corrected chi connectivity index (χ2v) is 6.55. The van der Waals surface area contributed by atoms with Crippen molar-refractivity contribution in [3.8, 4) is 0 Å². The summed E-state index contributed by atoms with van der Waals surface area (Å²) in [6.45, 7) is 0.895. The Morgan fingerprint density at radius 3 is 2.58 bits per heavy atom. The maximum atomic E-state index is 13.0. The SMILES string of the molecule is Cn1cc(C(=O)N2CCC(O)(c3ccccc3)C2)c2ccccc21. The van der Waals surface area contributed by atoms with Gasteiger partial charge in [-0.1, -0.05) is 48.5 Å². The van der Waals surface area contributed by atoms with Crippen molar-refractivity contribution >= 4 is 16.8 Å². The van der Waals surface area contributed by atoms with Crippen LogP contribution in [0.5, 0.6) is 0 Å². The average molecular weight is 320 g/mol. The number of carbonyl (C=O) groups is 1. The summed E-state index contributed by atoms with van der Waals surface area (Å²) >= 11 is 0. The molecular formula is C20H20N2O2. The Morgan fingerprint density at radius 1 is 1.08 bits per heavy atom. The number of aromatic nitrogens is 1. The largest absolute Gasteiger partial charge is 0.383 e. The second-order valence-electron chi connectivity index (χ2n) is 6.55. The third-order valence-electron chi connectivity index (χ3n) is 4.97. The van der Waals surface area contributed by atoms with Crippen LogP contribution in [0.2, 0.25) is 0 Å². The summed E-state index contributed by atoms with van der Waals surface area (Å²) < 4.78 is 1.97. The van der Waals surface area contributed by atoms with E-state index in [1.165, 1.54) is 0 Å². The van der Waals surface area contributed by atoms with Gasteiger partial charge in [-0.2, -0.15) is 0 Å². The zero-order valence-electron chi connectivity index (χ0n) is 13.6. The van der Waals surface area contributed by atoms with E-state index >= 15 is 0 Å². The van der Waals surface area contributed by atoms with Crippen LogP contribution in [0.15, 0.2) is 60.8 Å². The number of hydrogen-bond donors (Lipinski definition) is 1. The minimum absolute atomic E-state index is 0.0151. The van der Waals surface area contributed by atoms with Gasteiger partial charge in [0.05, 0.1) is 12.1 Å². The summed E-state index contributed by atoms with van der Waals surface area (Å²) in [6.07, 6.45) is 2.44. The first kappa shape index (κ1) is 15.0. The Morgan fingerprint density at radius 2 is 1.79 bits per heavy atom. The predicted molar refractivity (Wildman–Crippen MR) is 93.8 cm³/mol. The van der Waals surface area contributed by atoms with Gasteiger partial charge in [0.15, 0.2) is 0 Å². The predicted octanol–water partition coefficient (Wildman–Crippen LogP) is 2.91. The molecular weight excluding hydrogens is 300 g/mol. The molecule has 0 aliphatic carbocycles. The monoisotopic (exact) mass is 320 g/mol. The molecule has 4 nitrogen and oxygen atoms in total. The molecule has 2 heterocycles. The van der Waals surface area contributed by atoms with Gasteiger partial charge in [0.25, 0.3) is 5.91 Å². The van der Waals surface area contributed by atoms with E-state index in [0.717, 1.165) is 16.5 Å². The highest BCUT2D eigenvalue weighted by Crippen LogP contribution is 2.33. The van der Waals surface area contributed by atoms with Crippen LogP contribution in [0.4, 0.5) is 0 Å². The second kappa shape index (κ2) is 5.49. The fraction of sp³-hybridized carbons (Fsp3) is 0.250. The highest BCUT2D eigenvalue weighted by atomic mass is 16.3. The van der Waals surface area contributed by atoms with Gasteiger partial charge in [-0.15, -0.1) is 0 Å². The number of β-amino-alcohol motifs (C(OH)–C–C–N with tert-alkyl or cyclic N) is 1. The van der Waals surface area contributed by atoms with Crippen LogP contribution in [0.25, 0.3) is 10.9 Å². The Hall–Kier alpha value is -2.59. The van der Waals surface area contributed by atoms with Crippen molar-refractivity contribution in [2.75, 3.05) is 13.1 Å². The third kappa shape index (κ3) is 2.31. The van der Waals surface area contributed by atoms with Gasteiger partial charge in [-0.25, -0.2) is 0 Å². The molecule has 3 aromatic rings. The number of likely N-dealkylation sites (tertiary alicyclic amines) is 1. The minimum Gasteiger partial charge on any atom is -0.383 e. The fourth-order valence-corrected chi connectivity index (χ4v) is 3.63. The number of carbonyl (C=O) groups excluding carboxylic acids is 1. The number of aliphatic hydroxyl groups is 1. The maximum Gasteiger partial charge on any atom is 0.256 e. The van der Waals surface area contributed by atoms with E-state index in [2.05, 4.69) is 0 Å². The molecule has 0 bridgehead atoms. The molecule has 1 aliphatic rings. The Bertz CT molecular complexity index is 900. The average Bonchev–Trinajstić information content (AvgIpc) is 3.18. The number of nitrogens with zero attached hydrogens (tertiary/aromatic N) is 2. The molecule has 0 spiro atoms. The molecule has 0 radical (unpaired) electrons. The van der Waals surface area contributed by atoms with Crippen molar-refractivity contribution in [1.29, 1.82) is 0 Å². The number of hydrogen-bond acceptors (Lipinski definition) is 2. The molecule has 1 N–H and O–H groups in total. The van der Waals surface area contributed by atoms with E-state index in [-0.39, 0.29) is 5.91 Å². The molecule has 24 heavy (non-hydrogen) atoms. The number of benzene rings is 2. The molecule has 1 aliphatic heterocycles. The van der Waals surface area contributed by atoms with Crippen molar-refractivity contribution in [3.63, 3.8) is 0 Å². The number of rotatable bonds is 2. The standard InChI is InChI=1S/C20H20N2O2/c1-21-13-17(16-9-5-6-10-18(16)21)19(23)22-12-11-20(24,14-22)15-7-3-2-4-8-15/h2-10,13,24H,11-12,14H2,1H3. The molecule has 1 fully saturated rings. The molecule has 1 amide bonds. The molecule has 1 saturated heterocycles. The summed E-state index contributed by atoms with van der Waals surface area (Å²) in [5.74, 6) is -0.0151. The molecule has 1 unspecified atom stereocenters. The minimum atomic E-state index is -0.957. The molecule has 1 atom stereocenters. The fourth-order valence-electron chi connectivity index (χ4n) is 3.63. The van der Waals surface area contributed by atoms with Gasteiger partial charge in [0.2, 0.25) is 0 Å². The summed E-state index contributed by atoms with van der Waals surface area (Å²) in [6, 6.07) is 17.5. The first-order valence-corrected chi connectivity index (χ1v) is 8.20. The topological polar surface area (TPSA) is 45.5 Å². The van der Waals surface area contributed by atoms with Crippen LogP contribution in [0, 0.1) is 0 Å². The van der Waals surface area contributed by atoms with Gasteiger partial charge in [0, 0.05) is 30.7 Å². The zero-order valence-corrected chi connectivity index (χ0v) is 13.6. The van der Waals surface area contributed by atoms with Crippen molar-refractivity contribution in [2.45, 2.75) is 12.0 Å². The van der Waals surface area contributed by atoms with Crippen LogP contribution in [-0.4, -0.2) is 33.6 Å². The van der Waals surface area contributed by atoms with E-state index in [0.29, 0.717) is 25.1 Å². The lowest BCUT2D eigenvalue weighted by molar-refractivity contribution is 0.0418. The van der Waals surface area contributed by atoms with E-state index < -0.39 is 5.60 Å². The van der Waals surface area contributed by atoms with Gasteiger partial charge >= 0.3 is 0 Å². The van der Waals surface area contributed by atoms with Crippen LogP contribution in [0.3, 0.4) is 0 Å². The maximum absolute atomic E-state index is 13.0. The van der Waals surface area contributed by atoms with Crippen LogP contribution in [0.1, 0.15) is 22.3 Å². The van der Waals surface area contributed by atoms with Crippen molar-refractivity contribution < 1.29 is 9.90 Å². The Balaban J connectivity index is 1.64. The smallest absolute Gasteiger partial charge is 0.256 e. The lowest BCUT2D eigenvalue weighted by atomic mass is 9.93. The molecule has 1 aromatic heterocycles. The zero-order chi connectivity index (χ0) is 16.7. The van der Waals surface area contributed by atoms with Crippen molar-refractivity contribution in [1.82, 2.24) is 9.47 Å². The van der Waals surface area contributed by atoms with E-state index in [1.807, 2.05) is 72.4 Å². The normalized spacial score (nSPS) is 20.7. The quantitative estimate of drug-likeness (QED) is 0.789. The number of para-hydroxylation sites is 1. The van der Waals surface area contributed by atoms with Crippen LogP contribution < -0.4 is 0 Å². The van der Waals surface area contributed by atoms with E-state index in [4.69, 9.17) is 0 Å². The molecule has 2 aromatic carbocycles. The Labute approximate surface area is 140 Å². The highest BCUT2D eigenvalue weighted by Gasteiger charge is 2.40. The van der Waals surface area contributed by atoms with E-state index in [1.54, 1.807) is 4.90 Å². The van der Waals surface area contributed by atoms with Crippen molar-refractivity contribution in [2.24, 2.45) is 7.05 Å². The molecule has 4 heteroatoms. The van der Waals surface area contributed by atoms with Gasteiger partial charge in [-0.05, 0) is 18.1 Å². The summed E-state index contributed by atoms with van der Waals surface area (Å²) in [5.41, 5.74) is 1.66. The number of amides is 1. The lowest BCUT2D eigenvalue weighted by Crippen LogP contribution is -2.34. The lowest BCUT2D eigenvalue weighted by Gasteiger charge is -2.23. The highest BCUT2D eigenvalue weighted by molar-refractivity contribution is 6.07. The van der Waals surface area contributed by atoms with E-state index in [9.17, 15) is 9.90 Å². The summed E-state index contributed by atoms with van der Waals surface area (Å²) in [5, 5.41) is 11.9. The van der Waals surface area contributed by atoms with Gasteiger partial charge < -0.3 is 14.6 Å². The summed E-state index contributed by atoms with van der Waals surface area (Å²) in [7, 11) is 1.95. The molecule has 122 valence electrons. The summed E-state index contributed by atoms with van der Waals surface area (Å²) in [4.78, 5) is 14.8. The number of fused-ring (bicyclic) bond motifs is 1. The first-order valence-electron chi connectivity index (χ1n) is 8.20. The molecule has 4 rings (SSSR count). The Kier molecular flexibility index (Phi) is 3.43. The molecule has 0 saturated carbocycles. The van der Waals surface area contributed by atoms with Gasteiger partial charge in [-0.3, -0.25) is 4.79 Å². The first-order chi connectivity index (χ1) is 11.6. The van der Waals surface area contributed by atoms with Crippen LogP contribution in [-0.2, 0) is 12.6 Å². The van der Waals surface area contributed by atoms with Gasteiger partial charge in [0.1, 0.15) is 5.60 Å². The number of aryl methyl sites for hydroxylation is 1. The van der Waals surface area contributed by atoms with Crippen molar-refractivity contribution in [3.05, 3.63) is 71.9 Å². The third-order valence-corrected chi connectivity index (χ3v) is 4.97. The van der Waals surface area contributed by atoms with Crippen LogP contribution >= 0.6 is 0 Å².